The molecule has 6 heteroatoms. The third kappa shape index (κ3) is 3.51. The van der Waals surface area contributed by atoms with E-state index in [4.69, 9.17) is 5.11 Å². The Bertz CT molecular complexity index is 443. The van der Waals surface area contributed by atoms with Crippen LogP contribution in [0.1, 0.15) is 21.5 Å². The summed E-state index contributed by atoms with van der Waals surface area (Å²) in [5.41, 5.74) is 0.780. The van der Waals surface area contributed by atoms with Crippen molar-refractivity contribution in [2.45, 2.75) is 20.0 Å². The molecule has 0 atom stereocenters. The van der Waals surface area contributed by atoms with Gasteiger partial charge in [0.05, 0.1) is 12.0 Å². The fourth-order valence-corrected chi connectivity index (χ4v) is 1.39. The van der Waals surface area contributed by atoms with E-state index in [9.17, 15) is 18.4 Å². The van der Waals surface area contributed by atoms with Crippen LogP contribution in [0.25, 0.3) is 0 Å². The van der Waals surface area contributed by atoms with Gasteiger partial charge in [0.15, 0.2) is 6.29 Å². The van der Waals surface area contributed by atoms with Gasteiger partial charge in [0.2, 0.25) is 0 Å². The Kier molecular flexibility index (Phi) is 4.14. The van der Waals surface area contributed by atoms with E-state index in [1.165, 1.54) is 12.1 Å². The first-order valence-electron chi connectivity index (χ1n) is 4.69. The van der Waals surface area contributed by atoms with Gasteiger partial charge >= 0.3 is 12.6 Å². The number of carboxylic acids is 1. The van der Waals surface area contributed by atoms with Gasteiger partial charge in [0.1, 0.15) is 5.75 Å². The average molecular weight is 244 g/mol. The van der Waals surface area contributed by atoms with Gasteiger partial charge in [-0.1, -0.05) is 0 Å². The van der Waals surface area contributed by atoms with Crippen LogP contribution in [-0.2, 0) is 11.2 Å². The number of carbonyl (C=O) groups excluding carboxylic acids is 1. The molecule has 1 N–H and O–H groups in total. The van der Waals surface area contributed by atoms with Gasteiger partial charge in [-0.2, -0.15) is 8.78 Å². The zero-order valence-corrected chi connectivity index (χ0v) is 8.94. The number of rotatable bonds is 5. The summed E-state index contributed by atoms with van der Waals surface area (Å²) >= 11 is 0. The minimum Gasteiger partial charge on any atom is -0.481 e. The normalized spacial score (nSPS) is 10.4. The highest BCUT2D eigenvalue weighted by atomic mass is 19.3. The topological polar surface area (TPSA) is 63.6 Å². The number of aldehydes is 1. The molecule has 0 radical (unpaired) electrons. The van der Waals surface area contributed by atoms with Crippen LogP contribution in [0.4, 0.5) is 8.78 Å². The van der Waals surface area contributed by atoms with Crippen molar-refractivity contribution in [1.82, 2.24) is 0 Å². The van der Waals surface area contributed by atoms with E-state index >= 15 is 0 Å². The number of halogens is 2. The van der Waals surface area contributed by atoms with Crippen molar-refractivity contribution in [3.63, 3.8) is 0 Å². The second-order valence-corrected chi connectivity index (χ2v) is 3.38. The average Bonchev–Trinajstić information content (AvgIpc) is 2.20. The molecule has 1 rings (SSSR count). The molecule has 0 spiro atoms. The van der Waals surface area contributed by atoms with E-state index in [1.54, 1.807) is 6.92 Å². The van der Waals surface area contributed by atoms with Gasteiger partial charge in [0.25, 0.3) is 0 Å². The summed E-state index contributed by atoms with van der Waals surface area (Å²) in [7, 11) is 0. The van der Waals surface area contributed by atoms with Crippen molar-refractivity contribution in [1.29, 1.82) is 0 Å². The Labute approximate surface area is 95.8 Å². The van der Waals surface area contributed by atoms with Gasteiger partial charge < -0.3 is 9.84 Å². The molecule has 0 aliphatic rings. The van der Waals surface area contributed by atoms with Gasteiger partial charge in [-0.15, -0.1) is 0 Å². The number of aliphatic carboxylic acids is 1. The zero-order valence-electron chi connectivity index (χ0n) is 8.94. The van der Waals surface area contributed by atoms with Gasteiger partial charge in [-0.3, -0.25) is 9.59 Å². The molecular formula is C11H10F2O4. The van der Waals surface area contributed by atoms with Crippen LogP contribution < -0.4 is 4.74 Å². The number of alkyl halides is 2. The van der Waals surface area contributed by atoms with E-state index in [-0.39, 0.29) is 17.7 Å². The summed E-state index contributed by atoms with van der Waals surface area (Å²) in [6, 6.07) is 2.47. The van der Waals surface area contributed by atoms with Crippen LogP contribution in [-0.4, -0.2) is 24.0 Å². The quantitative estimate of drug-likeness (QED) is 0.805. The smallest absolute Gasteiger partial charge is 0.387 e. The van der Waals surface area contributed by atoms with Gasteiger partial charge in [0, 0.05) is 0 Å². The third-order valence-corrected chi connectivity index (χ3v) is 2.15. The molecule has 0 bridgehead atoms. The number of hydrogen-bond acceptors (Lipinski definition) is 3. The summed E-state index contributed by atoms with van der Waals surface area (Å²) in [6.45, 7) is -1.47. The van der Waals surface area contributed by atoms with Crippen LogP contribution in [0.15, 0.2) is 12.1 Å². The number of hydrogen-bond donors (Lipinski definition) is 1. The molecule has 0 aliphatic carbocycles. The molecule has 92 valence electrons. The summed E-state index contributed by atoms with van der Waals surface area (Å²) in [5.74, 6) is -1.31. The largest absolute Gasteiger partial charge is 0.481 e. The Hall–Kier alpha value is -1.98. The molecule has 0 amide bonds. The fraction of sp³-hybridized carbons (Fsp3) is 0.273. The molecule has 0 saturated carbocycles. The maximum absolute atomic E-state index is 12.0. The van der Waals surface area contributed by atoms with Crippen molar-refractivity contribution >= 4 is 12.3 Å². The van der Waals surface area contributed by atoms with Crippen LogP contribution in [0, 0.1) is 6.92 Å². The van der Waals surface area contributed by atoms with Crippen molar-refractivity contribution < 1.29 is 28.2 Å². The van der Waals surface area contributed by atoms with Gasteiger partial charge in [-0.05, 0) is 30.2 Å². The second-order valence-electron chi connectivity index (χ2n) is 3.38. The minimum absolute atomic E-state index is 0.0906. The van der Waals surface area contributed by atoms with Crippen LogP contribution in [0.2, 0.25) is 0 Å². The molecule has 17 heavy (non-hydrogen) atoms. The Morgan fingerprint density at radius 1 is 1.53 bits per heavy atom. The lowest BCUT2D eigenvalue weighted by atomic mass is 10.0. The molecule has 1 aromatic rings. The van der Waals surface area contributed by atoms with E-state index in [2.05, 4.69) is 4.74 Å². The predicted octanol–water partition coefficient (Wildman–Crippen LogP) is 2.04. The van der Waals surface area contributed by atoms with Crippen molar-refractivity contribution in [3.05, 3.63) is 28.8 Å². The van der Waals surface area contributed by atoms with Crippen LogP contribution in [0.5, 0.6) is 5.75 Å². The summed E-state index contributed by atoms with van der Waals surface area (Å²) in [6.07, 6.45) is 0.0735. The number of ether oxygens (including phenoxy) is 1. The molecule has 0 fully saturated rings. The van der Waals surface area contributed by atoms with Crippen molar-refractivity contribution in [2.24, 2.45) is 0 Å². The molecule has 0 aliphatic heterocycles. The van der Waals surface area contributed by atoms with E-state index in [0.717, 1.165) is 0 Å². The summed E-state index contributed by atoms with van der Waals surface area (Å²) in [5, 5.41) is 8.63. The van der Waals surface area contributed by atoms with E-state index in [0.29, 0.717) is 17.4 Å². The predicted molar refractivity (Wildman–Crippen MR) is 54.5 cm³/mol. The van der Waals surface area contributed by atoms with Crippen molar-refractivity contribution in [2.75, 3.05) is 0 Å². The first-order chi connectivity index (χ1) is 7.93. The Balaban J connectivity index is 3.14. The molecule has 0 heterocycles. The number of benzene rings is 1. The standard InChI is InChI=1S/C11H10F2O4/c1-6-2-9(17-11(12)13)8(5-14)3-7(6)4-10(15)16/h2-3,5,11H,4H2,1H3,(H,15,16). The number of aryl methyl sites for hydroxylation is 1. The maximum atomic E-state index is 12.0. The highest BCUT2D eigenvalue weighted by Gasteiger charge is 2.13. The molecule has 0 saturated heterocycles. The fourth-order valence-electron chi connectivity index (χ4n) is 1.39. The Morgan fingerprint density at radius 2 is 2.18 bits per heavy atom. The lowest BCUT2D eigenvalue weighted by Crippen LogP contribution is -2.07. The first-order valence-corrected chi connectivity index (χ1v) is 4.69. The molecule has 0 aromatic heterocycles. The Morgan fingerprint density at radius 3 is 2.65 bits per heavy atom. The molecular weight excluding hydrogens is 234 g/mol. The first kappa shape index (κ1) is 13.1. The molecule has 1 aromatic carbocycles. The highest BCUT2D eigenvalue weighted by molar-refractivity contribution is 5.81. The van der Waals surface area contributed by atoms with E-state index in [1.807, 2.05) is 0 Å². The van der Waals surface area contributed by atoms with Crippen LogP contribution >= 0.6 is 0 Å². The van der Waals surface area contributed by atoms with Crippen molar-refractivity contribution in [3.8, 4) is 5.75 Å². The minimum atomic E-state index is -3.03. The van der Waals surface area contributed by atoms with Gasteiger partial charge in [-0.25, -0.2) is 0 Å². The zero-order chi connectivity index (χ0) is 13.0. The summed E-state index contributed by atoms with van der Waals surface area (Å²) in [4.78, 5) is 21.2. The number of carbonyl (C=O) groups is 2. The monoisotopic (exact) mass is 244 g/mol. The lowest BCUT2D eigenvalue weighted by molar-refractivity contribution is -0.136. The molecule has 4 nitrogen and oxygen atoms in total. The maximum Gasteiger partial charge on any atom is 0.387 e. The highest BCUT2D eigenvalue weighted by Crippen LogP contribution is 2.24. The van der Waals surface area contributed by atoms with E-state index < -0.39 is 12.6 Å². The molecule has 0 unspecified atom stereocenters. The summed E-state index contributed by atoms with van der Waals surface area (Å²) < 4.78 is 28.3. The number of carboxylic acid groups (broad SMARTS) is 1. The second kappa shape index (κ2) is 5.38. The lowest BCUT2D eigenvalue weighted by Gasteiger charge is -2.11. The third-order valence-electron chi connectivity index (χ3n) is 2.15. The van der Waals surface area contributed by atoms with Crippen LogP contribution in [0.3, 0.4) is 0 Å². The SMILES string of the molecule is Cc1cc(OC(F)F)c(C=O)cc1CC(=O)O.